The quantitative estimate of drug-likeness (QED) is 0.518. The molecular formula is C11H18O6. The maximum Gasteiger partial charge on any atom is 0.323 e. The maximum atomic E-state index is 11.8. The Labute approximate surface area is 99.5 Å². The lowest BCUT2D eigenvalue weighted by Crippen LogP contribution is -2.40. The average molecular weight is 246 g/mol. The van der Waals surface area contributed by atoms with Crippen LogP contribution in [-0.2, 0) is 19.1 Å². The lowest BCUT2D eigenvalue weighted by atomic mass is 9.86. The van der Waals surface area contributed by atoms with Gasteiger partial charge in [-0.2, -0.15) is 0 Å². The first-order chi connectivity index (χ1) is 7.97. The highest BCUT2D eigenvalue weighted by atomic mass is 16.6. The van der Waals surface area contributed by atoms with E-state index in [1.165, 1.54) is 0 Å². The van der Waals surface area contributed by atoms with Crippen molar-refractivity contribution in [3.8, 4) is 0 Å². The van der Waals surface area contributed by atoms with Gasteiger partial charge < -0.3 is 19.7 Å². The summed E-state index contributed by atoms with van der Waals surface area (Å²) in [6.45, 7) is 3.51. The SMILES string of the molecule is CCOC(=O)C1(C(=O)OCC)C[C@@H](O)[C@@H](O)C1. The average Bonchev–Trinajstić information content (AvgIpc) is 2.57. The fourth-order valence-corrected chi connectivity index (χ4v) is 2.02. The van der Waals surface area contributed by atoms with Gasteiger partial charge in [-0.15, -0.1) is 0 Å². The number of hydrogen-bond donors (Lipinski definition) is 2. The zero-order chi connectivity index (χ0) is 13.1. The molecule has 0 saturated heterocycles. The van der Waals surface area contributed by atoms with Gasteiger partial charge in [-0.3, -0.25) is 9.59 Å². The topological polar surface area (TPSA) is 93.1 Å². The van der Waals surface area contributed by atoms with Crippen molar-refractivity contribution in [1.29, 1.82) is 0 Å². The maximum absolute atomic E-state index is 11.8. The van der Waals surface area contributed by atoms with E-state index >= 15 is 0 Å². The largest absolute Gasteiger partial charge is 0.465 e. The summed E-state index contributed by atoms with van der Waals surface area (Å²) in [6.07, 6.45) is -2.54. The number of carbonyl (C=O) groups excluding carboxylic acids is 2. The molecular weight excluding hydrogens is 228 g/mol. The standard InChI is InChI=1S/C11H18O6/c1-3-16-9(14)11(10(15)17-4-2)5-7(12)8(13)6-11/h7-8,12-13H,3-6H2,1-2H3/t7-,8+. The molecule has 2 N–H and O–H groups in total. The van der Waals surface area contributed by atoms with E-state index in [4.69, 9.17) is 9.47 Å². The van der Waals surface area contributed by atoms with Crippen LogP contribution < -0.4 is 0 Å². The molecule has 0 aromatic carbocycles. The van der Waals surface area contributed by atoms with Crippen LogP contribution in [0.15, 0.2) is 0 Å². The third kappa shape index (κ3) is 2.58. The fraction of sp³-hybridized carbons (Fsp3) is 0.818. The Hall–Kier alpha value is -1.14. The van der Waals surface area contributed by atoms with Gasteiger partial charge in [-0.25, -0.2) is 0 Å². The number of ether oxygens (including phenoxy) is 2. The summed E-state index contributed by atoms with van der Waals surface area (Å²) in [5.41, 5.74) is -1.56. The number of hydrogen-bond acceptors (Lipinski definition) is 6. The first-order valence-electron chi connectivity index (χ1n) is 5.68. The summed E-state index contributed by atoms with van der Waals surface area (Å²) < 4.78 is 9.66. The van der Waals surface area contributed by atoms with Crippen LogP contribution in [0.3, 0.4) is 0 Å². The van der Waals surface area contributed by atoms with E-state index in [2.05, 4.69) is 0 Å². The fourth-order valence-electron chi connectivity index (χ4n) is 2.02. The lowest BCUT2D eigenvalue weighted by molar-refractivity contribution is -0.172. The second-order valence-electron chi connectivity index (χ2n) is 4.07. The number of aliphatic hydroxyl groups excluding tert-OH is 2. The molecule has 0 spiro atoms. The molecule has 2 atom stereocenters. The van der Waals surface area contributed by atoms with E-state index in [0.29, 0.717) is 0 Å². The lowest BCUT2D eigenvalue weighted by Gasteiger charge is -2.23. The minimum Gasteiger partial charge on any atom is -0.465 e. The van der Waals surface area contributed by atoms with Crippen LogP contribution >= 0.6 is 0 Å². The molecule has 1 saturated carbocycles. The van der Waals surface area contributed by atoms with E-state index in [0.717, 1.165) is 0 Å². The Kier molecular flexibility index (Phi) is 4.47. The number of aliphatic hydroxyl groups is 2. The highest BCUT2D eigenvalue weighted by Crippen LogP contribution is 2.41. The highest BCUT2D eigenvalue weighted by Gasteiger charge is 2.57. The Morgan fingerprint density at radius 3 is 1.71 bits per heavy atom. The minimum atomic E-state index is -1.56. The second-order valence-corrected chi connectivity index (χ2v) is 4.07. The first-order valence-corrected chi connectivity index (χ1v) is 5.68. The zero-order valence-electron chi connectivity index (χ0n) is 10.0. The molecule has 1 aliphatic rings. The molecule has 6 heteroatoms. The molecule has 0 bridgehead atoms. The third-order valence-electron chi connectivity index (χ3n) is 2.89. The van der Waals surface area contributed by atoms with Crippen LogP contribution in [0.2, 0.25) is 0 Å². The van der Waals surface area contributed by atoms with Crippen LogP contribution in [0.5, 0.6) is 0 Å². The molecule has 0 aliphatic heterocycles. The van der Waals surface area contributed by atoms with Crippen molar-refractivity contribution in [3.63, 3.8) is 0 Å². The molecule has 0 unspecified atom stereocenters. The summed E-state index contributed by atoms with van der Waals surface area (Å²) >= 11 is 0. The van der Waals surface area contributed by atoms with E-state index in [-0.39, 0.29) is 26.1 Å². The van der Waals surface area contributed by atoms with Crippen LogP contribution in [0, 0.1) is 5.41 Å². The van der Waals surface area contributed by atoms with Crippen LogP contribution in [0.25, 0.3) is 0 Å². The van der Waals surface area contributed by atoms with Gasteiger partial charge in [0.25, 0.3) is 0 Å². The molecule has 0 amide bonds. The van der Waals surface area contributed by atoms with E-state index in [1.54, 1.807) is 13.8 Å². The van der Waals surface area contributed by atoms with Crippen molar-refractivity contribution in [2.45, 2.75) is 38.9 Å². The van der Waals surface area contributed by atoms with Crippen molar-refractivity contribution in [2.75, 3.05) is 13.2 Å². The number of esters is 2. The molecule has 0 aromatic rings. The van der Waals surface area contributed by atoms with Gasteiger partial charge in [0.1, 0.15) is 0 Å². The predicted molar refractivity (Wildman–Crippen MR) is 56.9 cm³/mol. The van der Waals surface area contributed by atoms with E-state index in [1.807, 2.05) is 0 Å². The zero-order valence-corrected chi connectivity index (χ0v) is 10.0. The normalized spacial score (nSPS) is 26.6. The van der Waals surface area contributed by atoms with Gasteiger partial charge in [0.2, 0.25) is 0 Å². The van der Waals surface area contributed by atoms with Gasteiger partial charge in [-0.05, 0) is 13.8 Å². The number of carbonyl (C=O) groups is 2. The second kappa shape index (κ2) is 5.46. The summed E-state index contributed by atoms with van der Waals surface area (Å²) in [6, 6.07) is 0. The van der Waals surface area contributed by atoms with Crippen LogP contribution in [0.1, 0.15) is 26.7 Å². The monoisotopic (exact) mass is 246 g/mol. The third-order valence-corrected chi connectivity index (χ3v) is 2.89. The summed E-state index contributed by atoms with van der Waals surface area (Å²) in [4.78, 5) is 23.7. The van der Waals surface area contributed by atoms with Gasteiger partial charge >= 0.3 is 11.9 Å². The molecule has 0 heterocycles. The predicted octanol–water partition coefficient (Wildman–Crippen LogP) is -0.385. The highest BCUT2D eigenvalue weighted by molar-refractivity contribution is 6.00. The molecule has 1 rings (SSSR count). The Morgan fingerprint density at radius 2 is 1.41 bits per heavy atom. The Balaban J connectivity index is 2.94. The van der Waals surface area contributed by atoms with Crippen molar-refractivity contribution >= 4 is 11.9 Å². The van der Waals surface area contributed by atoms with Crippen molar-refractivity contribution in [2.24, 2.45) is 5.41 Å². The Morgan fingerprint density at radius 1 is 1.06 bits per heavy atom. The van der Waals surface area contributed by atoms with Gasteiger partial charge in [0.15, 0.2) is 5.41 Å². The summed E-state index contributed by atoms with van der Waals surface area (Å²) in [7, 11) is 0. The van der Waals surface area contributed by atoms with Crippen LogP contribution in [0.4, 0.5) is 0 Å². The van der Waals surface area contributed by atoms with Crippen LogP contribution in [-0.4, -0.2) is 47.6 Å². The van der Waals surface area contributed by atoms with Gasteiger partial charge in [0.05, 0.1) is 25.4 Å². The van der Waals surface area contributed by atoms with Gasteiger partial charge in [0, 0.05) is 12.8 Å². The molecule has 0 radical (unpaired) electrons. The molecule has 0 aromatic heterocycles. The van der Waals surface area contributed by atoms with E-state index in [9.17, 15) is 19.8 Å². The van der Waals surface area contributed by atoms with Crippen molar-refractivity contribution in [1.82, 2.24) is 0 Å². The molecule has 17 heavy (non-hydrogen) atoms. The summed E-state index contributed by atoms with van der Waals surface area (Å²) in [5.74, 6) is -1.48. The Bertz CT molecular complexity index is 270. The van der Waals surface area contributed by atoms with Crippen molar-refractivity contribution < 1.29 is 29.3 Å². The summed E-state index contributed by atoms with van der Waals surface area (Å²) in [5, 5.41) is 19.0. The van der Waals surface area contributed by atoms with Gasteiger partial charge in [-0.1, -0.05) is 0 Å². The molecule has 98 valence electrons. The minimum absolute atomic E-state index is 0.131. The van der Waals surface area contributed by atoms with Crippen molar-refractivity contribution in [3.05, 3.63) is 0 Å². The molecule has 6 nitrogen and oxygen atoms in total. The number of rotatable bonds is 4. The van der Waals surface area contributed by atoms with E-state index < -0.39 is 29.6 Å². The smallest absolute Gasteiger partial charge is 0.323 e. The first kappa shape index (κ1) is 13.9. The molecule has 1 aliphatic carbocycles. The molecule has 1 fully saturated rings.